The van der Waals surface area contributed by atoms with Crippen molar-refractivity contribution >= 4 is 33.7 Å². The first-order valence-electron chi connectivity index (χ1n) is 12.4. The molecule has 0 bridgehead atoms. The van der Waals surface area contributed by atoms with E-state index in [0.29, 0.717) is 46.0 Å². The lowest BCUT2D eigenvalue weighted by molar-refractivity contribution is -0.117. The van der Waals surface area contributed by atoms with Crippen molar-refractivity contribution in [1.82, 2.24) is 35.1 Å². The highest BCUT2D eigenvalue weighted by Gasteiger charge is 2.19. The molecule has 10 heteroatoms. The summed E-state index contributed by atoms with van der Waals surface area (Å²) in [5.74, 6) is 0.145. The number of amides is 1. The zero-order chi connectivity index (χ0) is 27.1. The third-order valence-electron chi connectivity index (χ3n) is 6.16. The molecule has 0 aliphatic heterocycles. The quantitative estimate of drug-likeness (QED) is 0.251. The van der Waals surface area contributed by atoms with Crippen molar-refractivity contribution in [2.24, 2.45) is 5.41 Å². The number of H-pyrrole nitrogens is 2. The summed E-state index contributed by atoms with van der Waals surface area (Å²) in [6.07, 6.45) is 5.40. The zero-order valence-corrected chi connectivity index (χ0v) is 21.6. The molecule has 5 aromatic heterocycles. The van der Waals surface area contributed by atoms with Crippen LogP contribution in [0.25, 0.3) is 56.1 Å². The van der Waals surface area contributed by atoms with Gasteiger partial charge in [0, 0.05) is 29.9 Å². The second-order valence-corrected chi connectivity index (χ2v) is 10.6. The van der Waals surface area contributed by atoms with E-state index in [1.807, 2.05) is 45.0 Å². The van der Waals surface area contributed by atoms with Crippen LogP contribution in [-0.4, -0.2) is 41.0 Å². The Labute approximate surface area is 223 Å². The molecule has 1 amide bonds. The van der Waals surface area contributed by atoms with Crippen LogP contribution in [0.1, 0.15) is 27.2 Å². The average Bonchev–Trinajstić information content (AvgIpc) is 3.52. The average molecular weight is 521 g/mol. The van der Waals surface area contributed by atoms with Crippen LogP contribution in [0.5, 0.6) is 0 Å². The summed E-state index contributed by atoms with van der Waals surface area (Å²) in [5, 5.41) is 10.4. The van der Waals surface area contributed by atoms with Crippen molar-refractivity contribution in [1.29, 1.82) is 0 Å². The third-order valence-corrected chi connectivity index (χ3v) is 6.16. The maximum Gasteiger partial charge on any atom is 0.224 e. The number of anilines is 1. The third kappa shape index (κ3) is 4.96. The van der Waals surface area contributed by atoms with Crippen LogP contribution in [0.15, 0.2) is 67.1 Å². The molecule has 0 aliphatic rings. The van der Waals surface area contributed by atoms with E-state index in [2.05, 4.69) is 30.5 Å². The molecule has 0 aliphatic carbocycles. The molecular formula is C29H25FN8O. The molecule has 0 saturated carbocycles. The molecule has 1 aromatic carbocycles. The summed E-state index contributed by atoms with van der Waals surface area (Å²) in [4.78, 5) is 34.2. The van der Waals surface area contributed by atoms with Crippen molar-refractivity contribution in [2.75, 3.05) is 5.32 Å². The Hall–Kier alpha value is -4.99. The number of nitrogens with one attached hydrogen (secondary N) is 3. The van der Waals surface area contributed by atoms with E-state index in [4.69, 9.17) is 9.97 Å². The van der Waals surface area contributed by atoms with Crippen molar-refractivity contribution < 1.29 is 9.18 Å². The number of halogens is 1. The second kappa shape index (κ2) is 9.39. The summed E-state index contributed by atoms with van der Waals surface area (Å²) >= 11 is 0. The molecule has 0 spiro atoms. The smallest absolute Gasteiger partial charge is 0.224 e. The molecule has 194 valence electrons. The maximum atomic E-state index is 13.5. The standard InChI is InChI=1S/C29H25FN8O/c1-29(2,3)13-23(39)33-19-12-17(14-31-15-19)20-8-9-22-26(34-20)27(38-37-22)28-35-21-10-11-32-24(25(21)36-28)16-4-6-18(30)7-5-16/h4-12,14-15H,13H2,1-3H3,(H,33,39)(H,35,36)(H,37,38). The summed E-state index contributed by atoms with van der Waals surface area (Å²) in [6, 6.07) is 13.6. The topological polar surface area (TPSA) is 125 Å². The van der Waals surface area contributed by atoms with Crippen LogP contribution in [0.2, 0.25) is 0 Å². The molecule has 39 heavy (non-hydrogen) atoms. The van der Waals surface area contributed by atoms with Gasteiger partial charge in [0.25, 0.3) is 0 Å². The number of fused-ring (bicyclic) bond motifs is 2. The molecule has 0 saturated heterocycles. The SMILES string of the molecule is CC(C)(C)CC(=O)Nc1cncc(-c2ccc3[nH]nc(-c4nc5c(-c6ccc(F)cc6)nccc5[nH]4)c3n2)c1. The number of carbonyl (C=O) groups excluding carboxylic acids is 1. The van der Waals surface area contributed by atoms with Gasteiger partial charge in [0.2, 0.25) is 5.91 Å². The predicted octanol–water partition coefficient (Wildman–Crippen LogP) is 6.14. The van der Waals surface area contributed by atoms with Crippen LogP contribution >= 0.6 is 0 Å². The van der Waals surface area contributed by atoms with Gasteiger partial charge in [-0.25, -0.2) is 14.4 Å². The van der Waals surface area contributed by atoms with Crippen LogP contribution in [0.4, 0.5) is 10.1 Å². The van der Waals surface area contributed by atoms with Crippen molar-refractivity contribution in [3.05, 3.63) is 72.9 Å². The molecule has 0 unspecified atom stereocenters. The van der Waals surface area contributed by atoms with Crippen LogP contribution in [0, 0.1) is 11.2 Å². The number of hydrogen-bond donors (Lipinski definition) is 3. The lowest BCUT2D eigenvalue weighted by Gasteiger charge is -2.17. The van der Waals surface area contributed by atoms with Crippen LogP contribution in [0.3, 0.4) is 0 Å². The zero-order valence-electron chi connectivity index (χ0n) is 21.6. The number of aromatic amines is 2. The summed E-state index contributed by atoms with van der Waals surface area (Å²) in [7, 11) is 0. The first-order valence-corrected chi connectivity index (χ1v) is 12.4. The number of hydrogen-bond acceptors (Lipinski definition) is 6. The summed E-state index contributed by atoms with van der Waals surface area (Å²) in [5.41, 5.74) is 6.66. The van der Waals surface area contributed by atoms with Gasteiger partial charge >= 0.3 is 0 Å². The normalized spacial score (nSPS) is 11.8. The molecule has 9 nitrogen and oxygen atoms in total. The fourth-order valence-corrected chi connectivity index (χ4v) is 4.43. The lowest BCUT2D eigenvalue weighted by Crippen LogP contribution is -2.19. The molecule has 6 rings (SSSR count). The number of rotatable bonds is 5. The van der Waals surface area contributed by atoms with Crippen LogP contribution in [-0.2, 0) is 4.79 Å². The second-order valence-electron chi connectivity index (χ2n) is 10.6. The highest BCUT2D eigenvalue weighted by Crippen LogP contribution is 2.31. The molecule has 3 N–H and O–H groups in total. The van der Waals surface area contributed by atoms with Gasteiger partial charge in [-0.1, -0.05) is 20.8 Å². The van der Waals surface area contributed by atoms with E-state index in [-0.39, 0.29) is 17.1 Å². The maximum absolute atomic E-state index is 13.5. The Kier molecular flexibility index (Phi) is 5.86. The van der Waals surface area contributed by atoms with Gasteiger partial charge in [-0.2, -0.15) is 5.10 Å². The molecular weight excluding hydrogens is 495 g/mol. The van der Waals surface area contributed by atoms with Gasteiger partial charge < -0.3 is 10.3 Å². The highest BCUT2D eigenvalue weighted by atomic mass is 19.1. The highest BCUT2D eigenvalue weighted by molar-refractivity contribution is 5.95. The van der Waals surface area contributed by atoms with Crippen molar-refractivity contribution in [3.8, 4) is 34.0 Å². The first-order chi connectivity index (χ1) is 18.7. The number of nitrogens with zero attached hydrogens (tertiary/aromatic N) is 5. The molecule has 0 atom stereocenters. The fourth-order valence-electron chi connectivity index (χ4n) is 4.43. The van der Waals surface area contributed by atoms with Gasteiger partial charge in [0.15, 0.2) is 11.5 Å². The Balaban J connectivity index is 1.36. The van der Waals surface area contributed by atoms with E-state index in [9.17, 15) is 9.18 Å². The first kappa shape index (κ1) is 24.4. The van der Waals surface area contributed by atoms with E-state index in [1.54, 1.807) is 30.7 Å². The minimum Gasteiger partial charge on any atom is -0.336 e. The molecule has 5 heterocycles. The van der Waals surface area contributed by atoms with E-state index in [1.165, 1.54) is 12.1 Å². The van der Waals surface area contributed by atoms with Crippen molar-refractivity contribution in [2.45, 2.75) is 27.2 Å². The molecule has 6 aromatic rings. The number of carbonyl (C=O) groups is 1. The number of aromatic nitrogens is 7. The number of pyridine rings is 3. The van der Waals surface area contributed by atoms with Crippen molar-refractivity contribution in [3.63, 3.8) is 0 Å². The predicted molar refractivity (Wildman–Crippen MR) is 148 cm³/mol. The lowest BCUT2D eigenvalue weighted by atomic mass is 9.92. The Bertz CT molecular complexity index is 1830. The Morgan fingerprint density at radius 3 is 2.51 bits per heavy atom. The largest absolute Gasteiger partial charge is 0.336 e. The molecule has 0 fully saturated rings. The van der Waals surface area contributed by atoms with E-state index < -0.39 is 0 Å². The minimum absolute atomic E-state index is 0.0682. The van der Waals surface area contributed by atoms with E-state index >= 15 is 0 Å². The Morgan fingerprint density at radius 1 is 0.923 bits per heavy atom. The van der Waals surface area contributed by atoms with Gasteiger partial charge in [-0.15, -0.1) is 0 Å². The van der Waals surface area contributed by atoms with Gasteiger partial charge in [0.1, 0.15) is 16.9 Å². The fraction of sp³-hybridized carbons (Fsp3) is 0.172. The summed E-state index contributed by atoms with van der Waals surface area (Å²) < 4.78 is 13.5. The van der Waals surface area contributed by atoms with Gasteiger partial charge in [-0.3, -0.25) is 19.9 Å². The molecule has 0 radical (unpaired) electrons. The number of benzene rings is 1. The van der Waals surface area contributed by atoms with Crippen LogP contribution < -0.4 is 5.32 Å². The summed E-state index contributed by atoms with van der Waals surface area (Å²) in [6.45, 7) is 6.06. The van der Waals surface area contributed by atoms with E-state index in [0.717, 1.165) is 22.2 Å². The minimum atomic E-state index is -0.313. The monoisotopic (exact) mass is 520 g/mol. The van der Waals surface area contributed by atoms with Gasteiger partial charge in [-0.05, 0) is 53.9 Å². The van der Waals surface area contributed by atoms with Gasteiger partial charge in [0.05, 0.1) is 34.3 Å². The number of imidazole rings is 1. The Morgan fingerprint density at radius 2 is 1.72 bits per heavy atom.